The third-order valence-electron chi connectivity index (χ3n) is 3.58. The van der Waals surface area contributed by atoms with Crippen molar-refractivity contribution in [3.63, 3.8) is 0 Å². The number of hydrogen-bond acceptors (Lipinski definition) is 3. The number of amides is 1. The summed E-state index contributed by atoms with van der Waals surface area (Å²) in [6.45, 7) is 3.87. The number of pyridine rings is 1. The SMILES string of the molecule is Cc1cccc(C)c1C[C@H](NC(=O)c1cccnc1)C(=O)O. The fourth-order valence-corrected chi connectivity index (χ4v) is 2.31. The Labute approximate surface area is 129 Å². The van der Waals surface area contributed by atoms with Crippen LogP contribution in [0.1, 0.15) is 27.0 Å². The van der Waals surface area contributed by atoms with Crippen molar-refractivity contribution in [2.75, 3.05) is 0 Å². The highest BCUT2D eigenvalue weighted by Crippen LogP contribution is 2.15. The lowest BCUT2D eigenvalue weighted by Crippen LogP contribution is -2.42. The van der Waals surface area contributed by atoms with Crippen LogP contribution in [0.3, 0.4) is 0 Å². The number of carboxylic acids is 1. The summed E-state index contributed by atoms with van der Waals surface area (Å²) >= 11 is 0. The Kier molecular flexibility index (Phi) is 4.88. The van der Waals surface area contributed by atoms with Gasteiger partial charge in [0.15, 0.2) is 0 Å². The number of carbonyl (C=O) groups is 2. The number of carboxylic acid groups (broad SMARTS) is 1. The largest absolute Gasteiger partial charge is 0.480 e. The summed E-state index contributed by atoms with van der Waals surface area (Å²) < 4.78 is 0. The lowest BCUT2D eigenvalue weighted by Gasteiger charge is -2.17. The van der Waals surface area contributed by atoms with E-state index in [4.69, 9.17) is 0 Å². The average molecular weight is 298 g/mol. The van der Waals surface area contributed by atoms with E-state index in [0.717, 1.165) is 16.7 Å². The molecule has 0 saturated carbocycles. The van der Waals surface area contributed by atoms with Gasteiger partial charge in [0.25, 0.3) is 5.91 Å². The lowest BCUT2D eigenvalue weighted by atomic mass is 9.96. The standard InChI is InChI=1S/C17H18N2O3/c1-11-5-3-6-12(2)14(11)9-15(17(21)22)19-16(20)13-7-4-8-18-10-13/h3-8,10,15H,9H2,1-2H3,(H,19,20)(H,21,22)/t15-/m0/s1. The lowest BCUT2D eigenvalue weighted by molar-refractivity contribution is -0.139. The maximum absolute atomic E-state index is 12.1. The molecule has 0 aliphatic carbocycles. The van der Waals surface area contributed by atoms with Crippen LogP contribution in [-0.2, 0) is 11.2 Å². The van der Waals surface area contributed by atoms with E-state index in [1.165, 1.54) is 6.20 Å². The molecule has 1 amide bonds. The molecule has 0 radical (unpaired) electrons. The van der Waals surface area contributed by atoms with Gasteiger partial charge in [-0.15, -0.1) is 0 Å². The van der Waals surface area contributed by atoms with E-state index >= 15 is 0 Å². The van der Waals surface area contributed by atoms with Gasteiger partial charge in [-0.3, -0.25) is 9.78 Å². The van der Waals surface area contributed by atoms with Gasteiger partial charge >= 0.3 is 5.97 Å². The van der Waals surface area contributed by atoms with Gasteiger partial charge in [0.05, 0.1) is 5.56 Å². The first-order chi connectivity index (χ1) is 10.5. The summed E-state index contributed by atoms with van der Waals surface area (Å²) in [5.74, 6) is -1.49. The first-order valence-corrected chi connectivity index (χ1v) is 6.98. The van der Waals surface area contributed by atoms with Crippen LogP contribution in [0.15, 0.2) is 42.7 Å². The Bertz CT molecular complexity index is 663. The summed E-state index contributed by atoms with van der Waals surface area (Å²) in [7, 11) is 0. The predicted octanol–water partition coefficient (Wildman–Crippen LogP) is 2.12. The molecule has 114 valence electrons. The predicted molar refractivity (Wildman–Crippen MR) is 82.7 cm³/mol. The van der Waals surface area contributed by atoms with Crippen LogP contribution >= 0.6 is 0 Å². The Morgan fingerprint density at radius 2 is 1.86 bits per heavy atom. The Hall–Kier alpha value is -2.69. The first kappa shape index (κ1) is 15.7. The molecule has 1 heterocycles. The maximum atomic E-state index is 12.1. The molecule has 1 atom stereocenters. The highest BCUT2D eigenvalue weighted by atomic mass is 16.4. The molecule has 0 aliphatic rings. The molecule has 0 unspecified atom stereocenters. The fourth-order valence-electron chi connectivity index (χ4n) is 2.31. The summed E-state index contributed by atoms with van der Waals surface area (Å²) in [5, 5.41) is 11.9. The van der Waals surface area contributed by atoms with Gasteiger partial charge < -0.3 is 10.4 Å². The molecule has 2 rings (SSSR count). The number of hydrogen-bond donors (Lipinski definition) is 2. The van der Waals surface area contributed by atoms with Gasteiger partial charge in [0.1, 0.15) is 6.04 Å². The molecular weight excluding hydrogens is 280 g/mol. The monoisotopic (exact) mass is 298 g/mol. The van der Waals surface area contributed by atoms with Gasteiger partial charge in [-0.1, -0.05) is 18.2 Å². The molecule has 22 heavy (non-hydrogen) atoms. The number of rotatable bonds is 5. The highest BCUT2D eigenvalue weighted by Gasteiger charge is 2.22. The normalized spacial score (nSPS) is 11.7. The van der Waals surface area contributed by atoms with Gasteiger partial charge in [-0.25, -0.2) is 4.79 Å². The number of nitrogens with zero attached hydrogens (tertiary/aromatic N) is 1. The number of benzene rings is 1. The van der Waals surface area contributed by atoms with Crippen LogP contribution in [0.5, 0.6) is 0 Å². The zero-order valence-corrected chi connectivity index (χ0v) is 12.5. The summed E-state index contributed by atoms with van der Waals surface area (Å²) in [4.78, 5) is 27.4. The van der Waals surface area contributed by atoms with Crippen molar-refractivity contribution in [2.45, 2.75) is 26.3 Å². The summed E-state index contributed by atoms with van der Waals surface area (Å²) in [5.41, 5.74) is 3.32. The Balaban J connectivity index is 2.18. The number of nitrogens with one attached hydrogen (secondary N) is 1. The van der Waals surface area contributed by atoms with Crippen molar-refractivity contribution in [1.82, 2.24) is 10.3 Å². The molecule has 1 aromatic carbocycles. The Morgan fingerprint density at radius 1 is 1.18 bits per heavy atom. The van der Waals surface area contributed by atoms with E-state index in [2.05, 4.69) is 10.3 Å². The van der Waals surface area contributed by atoms with Crippen molar-refractivity contribution in [1.29, 1.82) is 0 Å². The third-order valence-corrected chi connectivity index (χ3v) is 3.58. The minimum Gasteiger partial charge on any atom is -0.480 e. The third kappa shape index (κ3) is 3.69. The molecule has 2 N–H and O–H groups in total. The van der Waals surface area contributed by atoms with E-state index in [1.54, 1.807) is 18.3 Å². The molecule has 1 aromatic heterocycles. The topological polar surface area (TPSA) is 79.3 Å². The molecule has 0 saturated heterocycles. The summed E-state index contributed by atoms with van der Waals surface area (Å²) in [6, 6.07) is 8.05. The summed E-state index contributed by atoms with van der Waals surface area (Å²) in [6.07, 6.45) is 3.22. The van der Waals surface area contributed by atoms with Gasteiger partial charge in [0.2, 0.25) is 0 Å². The zero-order chi connectivity index (χ0) is 16.1. The van der Waals surface area contributed by atoms with E-state index in [1.807, 2.05) is 32.0 Å². The molecule has 0 spiro atoms. The van der Waals surface area contributed by atoms with E-state index in [-0.39, 0.29) is 6.42 Å². The maximum Gasteiger partial charge on any atom is 0.326 e. The average Bonchev–Trinajstić information content (AvgIpc) is 2.50. The molecule has 0 bridgehead atoms. The Morgan fingerprint density at radius 3 is 2.41 bits per heavy atom. The van der Waals surface area contributed by atoms with Gasteiger partial charge in [0, 0.05) is 18.8 Å². The second-order valence-corrected chi connectivity index (χ2v) is 5.18. The number of aryl methyl sites for hydroxylation is 2. The molecular formula is C17H18N2O3. The zero-order valence-electron chi connectivity index (χ0n) is 12.5. The first-order valence-electron chi connectivity index (χ1n) is 6.98. The van der Waals surface area contributed by atoms with Crippen LogP contribution < -0.4 is 5.32 Å². The minimum atomic E-state index is -1.06. The van der Waals surface area contributed by atoms with E-state index in [0.29, 0.717) is 5.56 Å². The fraction of sp³-hybridized carbons (Fsp3) is 0.235. The number of aliphatic carboxylic acids is 1. The van der Waals surface area contributed by atoms with Crippen LogP contribution in [-0.4, -0.2) is 28.0 Å². The van der Waals surface area contributed by atoms with Crippen LogP contribution in [0.25, 0.3) is 0 Å². The quantitative estimate of drug-likeness (QED) is 0.886. The molecule has 2 aromatic rings. The van der Waals surface area contributed by atoms with Crippen LogP contribution in [0.4, 0.5) is 0 Å². The second kappa shape index (κ2) is 6.85. The molecule has 5 nitrogen and oxygen atoms in total. The molecule has 0 fully saturated rings. The van der Waals surface area contributed by atoms with Crippen LogP contribution in [0.2, 0.25) is 0 Å². The van der Waals surface area contributed by atoms with Crippen molar-refractivity contribution < 1.29 is 14.7 Å². The molecule has 5 heteroatoms. The van der Waals surface area contributed by atoms with Crippen molar-refractivity contribution in [3.05, 3.63) is 65.0 Å². The van der Waals surface area contributed by atoms with Crippen LogP contribution in [0, 0.1) is 13.8 Å². The van der Waals surface area contributed by atoms with E-state index < -0.39 is 17.9 Å². The van der Waals surface area contributed by atoms with Crippen molar-refractivity contribution in [3.8, 4) is 0 Å². The molecule has 0 aliphatic heterocycles. The highest BCUT2D eigenvalue weighted by molar-refractivity contribution is 5.96. The van der Waals surface area contributed by atoms with Gasteiger partial charge in [-0.05, 0) is 42.7 Å². The van der Waals surface area contributed by atoms with Crippen molar-refractivity contribution >= 4 is 11.9 Å². The number of aromatic nitrogens is 1. The minimum absolute atomic E-state index is 0.250. The van der Waals surface area contributed by atoms with Crippen molar-refractivity contribution in [2.24, 2.45) is 0 Å². The second-order valence-electron chi connectivity index (χ2n) is 5.18. The number of carbonyl (C=O) groups excluding carboxylic acids is 1. The van der Waals surface area contributed by atoms with Gasteiger partial charge in [-0.2, -0.15) is 0 Å². The smallest absolute Gasteiger partial charge is 0.326 e. The van der Waals surface area contributed by atoms with E-state index in [9.17, 15) is 14.7 Å².